The summed E-state index contributed by atoms with van der Waals surface area (Å²) in [5, 5.41) is 16.4. The van der Waals surface area contributed by atoms with E-state index in [0.717, 1.165) is 22.5 Å². The average molecular weight is 672 g/mol. The van der Waals surface area contributed by atoms with Crippen molar-refractivity contribution >= 4 is 70.8 Å². The average Bonchev–Trinajstić information content (AvgIpc) is 3.52. The molecule has 0 unspecified atom stereocenters. The Bertz CT molecular complexity index is 1850. The van der Waals surface area contributed by atoms with E-state index in [1.54, 1.807) is 24.3 Å². The third-order valence-electron chi connectivity index (χ3n) is 6.27. The molecular formula is C30H22Cl4N6S2. The first kappa shape index (κ1) is 30.2. The van der Waals surface area contributed by atoms with Gasteiger partial charge in [-0.15, -0.1) is 0 Å². The summed E-state index contributed by atoms with van der Waals surface area (Å²) >= 11 is 35.1. The number of nitrogens with zero attached hydrogens (tertiary/aromatic N) is 4. The summed E-state index contributed by atoms with van der Waals surface area (Å²) in [6, 6.07) is 26.7. The molecule has 0 saturated heterocycles. The van der Waals surface area contributed by atoms with Gasteiger partial charge >= 0.3 is 0 Å². The molecule has 0 aliphatic heterocycles. The van der Waals surface area contributed by atoms with E-state index in [1.807, 2.05) is 83.6 Å². The van der Waals surface area contributed by atoms with Crippen molar-refractivity contribution in [2.45, 2.75) is 13.8 Å². The number of aryl methyl sites for hydroxylation is 2. The van der Waals surface area contributed by atoms with Gasteiger partial charge in [0.2, 0.25) is 0 Å². The topological polar surface area (TPSA) is 67.2 Å². The molecule has 2 N–H and O–H groups in total. The molecule has 0 atom stereocenters. The van der Waals surface area contributed by atoms with Crippen LogP contribution in [0.4, 0.5) is 0 Å². The molecule has 42 heavy (non-hydrogen) atoms. The Morgan fingerprint density at radius 1 is 0.548 bits per heavy atom. The molecule has 6 aromatic rings. The van der Waals surface area contributed by atoms with Crippen molar-refractivity contribution in [2.75, 3.05) is 0 Å². The Morgan fingerprint density at radius 3 is 1.24 bits per heavy atom. The van der Waals surface area contributed by atoms with Gasteiger partial charge in [-0.3, -0.25) is 19.3 Å². The van der Waals surface area contributed by atoms with Crippen LogP contribution in [0.2, 0.25) is 20.1 Å². The molecule has 0 aliphatic carbocycles. The number of hydrogen-bond acceptors (Lipinski definition) is 4. The largest absolute Gasteiger partial charge is 0.268 e. The maximum absolute atomic E-state index is 6.27. The van der Waals surface area contributed by atoms with E-state index < -0.39 is 0 Å². The summed E-state index contributed by atoms with van der Waals surface area (Å²) in [4.78, 5) is 0. The zero-order valence-corrected chi connectivity index (χ0v) is 26.9. The van der Waals surface area contributed by atoms with Crippen LogP contribution in [0.5, 0.6) is 0 Å². The lowest BCUT2D eigenvalue weighted by Crippen LogP contribution is -1.98. The van der Waals surface area contributed by atoms with Crippen molar-refractivity contribution in [3.05, 3.63) is 126 Å². The SMILES string of the molecule is Cc1ccc(-n2c(-c3ccc(Cl)cc3Cl)n[nH]c2=S)cc1.Cc1ccc(-n2c(-c3ccc(Cl)cc3Cl)n[nH]c2=S)cc1. The highest BCUT2D eigenvalue weighted by Crippen LogP contribution is 2.32. The molecule has 0 saturated carbocycles. The molecule has 0 fully saturated rings. The smallest absolute Gasteiger partial charge is 0.200 e. The number of halogens is 4. The molecule has 2 aromatic heterocycles. The molecule has 0 aliphatic rings. The summed E-state index contributed by atoms with van der Waals surface area (Å²) in [7, 11) is 0. The monoisotopic (exact) mass is 670 g/mol. The fourth-order valence-corrected chi connectivity index (χ4v) is 5.62. The Labute approximate surface area is 272 Å². The van der Waals surface area contributed by atoms with Gasteiger partial charge in [0.15, 0.2) is 21.2 Å². The first-order valence-electron chi connectivity index (χ1n) is 12.5. The van der Waals surface area contributed by atoms with Gasteiger partial charge in [-0.25, -0.2) is 0 Å². The van der Waals surface area contributed by atoms with Crippen LogP contribution in [0.1, 0.15) is 11.1 Å². The lowest BCUT2D eigenvalue weighted by atomic mass is 10.2. The van der Waals surface area contributed by atoms with Crippen LogP contribution in [-0.4, -0.2) is 29.5 Å². The van der Waals surface area contributed by atoms with Crippen LogP contribution in [0.25, 0.3) is 34.2 Å². The van der Waals surface area contributed by atoms with Crippen molar-refractivity contribution < 1.29 is 0 Å². The maximum atomic E-state index is 6.27. The lowest BCUT2D eigenvalue weighted by Gasteiger charge is -2.08. The number of nitrogens with one attached hydrogen (secondary N) is 2. The van der Waals surface area contributed by atoms with Gasteiger partial charge in [-0.1, -0.05) is 81.8 Å². The van der Waals surface area contributed by atoms with Gasteiger partial charge in [-0.05, 0) is 98.9 Å². The van der Waals surface area contributed by atoms with E-state index in [1.165, 1.54) is 11.1 Å². The zero-order valence-electron chi connectivity index (χ0n) is 22.2. The van der Waals surface area contributed by atoms with Crippen LogP contribution in [0.3, 0.4) is 0 Å². The van der Waals surface area contributed by atoms with Crippen LogP contribution < -0.4 is 0 Å². The summed E-state index contributed by atoms with van der Waals surface area (Å²) in [6.07, 6.45) is 0. The second kappa shape index (κ2) is 13.0. The summed E-state index contributed by atoms with van der Waals surface area (Å²) < 4.78 is 4.73. The number of rotatable bonds is 4. The van der Waals surface area contributed by atoms with Gasteiger partial charge < -0.3 is 0 Å². The standard InChI is InChI=1S/2C15H11Cl2N3S/c2*1-9-2-5-11(6-3-9)20-14(18-19-15(20)21)12-7-4-10(16)8-13(12)17/h2*2-8H,1H3,(H,19,21). The van der Waals surface area contributed by atoms with Gasteiger partial charge in [0.1, 0.15) is 0 Å². The van der Waals surface area contributed by atoms with Crippen molar-refractivity contribution in [1.29, 1.82) is 0 Å². The quantitative estimate of drug-likeness (QED) is 0.183. The molecule has 0 radical (unpaired) electrons. The summed E-state index contributed by atoms with van der Waals surface area (Å²) in [5.41, 5.74) is 5.77. The Morgan fingerprint density at radius 2 is 0.905 bits per heavy atom. The molecule has 212 valence electrons. The van der Waals surface area contributed by atoms with Gasteiger partial charge in [0.25, 0.3) is 0 Å². The van der Waals surface area contributed by atoms with Crippen LogP contribution in [-0.2, 0) is 0 Å². The van der Waals surface area contributed by atoms with Crippen molar-refractivity contribution in [3.8, 4) is 34.2 Å². The summed E-state index contributed by atoms with van der Waals surface area (Å²) in [6.45, 7) is 4.07. The van der Waals surface area contributed by atoms with E-state index in [4.69, 9.17) is 70.8 Å². The van der Waals surface area contributed by atoms with E-state index in [9.17, 15) is 0 Å². The van der Waals surface area contributed by atoms with E-state index in [-0.39, 0.29) is 0 Å². The molecule has 0 spiro atoms. The lowest BCUT2D eigenvalue weighted by molar-refractivity contribution is 1.03. The minimum absolute atomic E-state index is 0.514. The molecule has 4 aromatic carbocycles. The molecule has 2 heterocycles. The van der Waals surface area contributed by atoms with Crippen molar-refractivity contribution in [1.82, 2.24) is 29.5 Å². The predicted octanol–water partition coefficient (Wildman–Crippen LogP) is 10.4. The van der Waals surface area contributed by atoms with Crippen molar-refractivity contribution in [2.24, 2.45) is 0 Å². The van der Waals surface area contributed by atoms with Crippen LogP contribution in [0, 0.1) is 23.4 Å². The predicted molar refractivity (Wildman–Crippen MR) is 178 cm³/mol. The Balaban J connectivity index is 0.000000168. The highest BCUT2D eigenvalue weighted by atomic mass is 35.5. The minimum atomic E-state index is 0.514. The third-order valence-corrected chi connectivity index (χ3v) is 7.92. The highest BCUT2D eigenvalue weighted by Gasteiger charge is 2.15. The number of aromatic amines is 2. The van der Waals surface area contributed by atoms with Crippen LogP contribution >= 0.6 is 70.8 Å². The zero-order chi connectivity index (χ0) is 30.0. The first-order valence-corrected chi connectivity index (χ1v) is 14.8. The molecule has 6 nitrogen and oxygen atoms in total. The fraction of sp³-hybridized carbons (Fsp3) is 0.0667. The fourth-order valence-electron chi connectivity index (χ4n) is 4.16. The van der Waals surface area contributed by atoms with Gasteiger partial charge in [-0.2, -0.15) is 10.2 Å². The first-order chi connectivity index (χ1) is 20.1. The summed E-state index contributed by atoms with van der Waals surface area (Å²) in [5.74, 6) is 1.32. The molecule has 0 amide bonds. The Hall–Kier alpha value is -3.24. The molecule has 6 rings (SSSR count). The highest BCUT2D eigenvalue weighted by molar-refractivity contribution is 7.71. The number of H-pyrrole nitrogens is 2. The second-order valence-corrected chi connectivity index (χ2v) is 11.8. The van der Waals surface area contributed by atoms with E-state index in [2.05, 4.69) is 20.4 Å². The number of hydrogen-bond donors (Lipinski definition) is 2. The third kappa shape index (κ3) is 6.54. The normalized spacial score (nSPS) is 10.8. The molecular weight excluding hydrogens is 650 g/mol. The second-order valence-electron chi connectivity index (χ2n) is 9.29. The number of benzene rings is 4. The Kier molecular flexibility index (Phi) is 9.32. The maximum Gasteiger partial charge on any atom is 0.200 e. The van der Waals surface area contributed by atoms with Gasteiger partial charge in [0, 0.05) is 32.5 Å². The molecule has 0 bridgehead atoms. The molecule has 12 heteroatoms. The van der Waals surface area contributed by atoms with E-state index in [0.29, 0.717) is 41.3 Å². The number of aromatic nitrogens is 6. The minimum Gasteiger partial charge on any atom is -0.268 e. The van der Waals surface area contributed by atoms with Gasteiger partial charge in [0.05, 0.1) is 10.0 Å². The van der Waals surface area contributed by atoms with Crippen LogP contribution in [0.15, 0.2) is 84.9 Å². The van der Waals surface area contributed by atoms with Crippen molar-refractivity contribution in [3.63, 3.8) is 0 Å². The van der Waals surface area contributed by atoms with E-state index >= 15 is 0 Å².